The van der Waals surface area contributed by atoms with E-state index in [1.54, 1.807) is 48.5 Å². The molecule has 0 heterocycles. The van der Waals surface area contributed by atoms with Gasteiger partial charge in [0.2, 0.25) is 0 Å². The largest absolute Gasteiger partial charge is 0.322 e. The Morgan fingerprint density at radius 2 is 0.846 bits per heavy atom. The second-order valence-corrected chi connectivity index (χ2v) is 7.33. The highest BCUT2D eigenvalue weighted by Gasteiger charge is 2.08. The maximum atomic E-state index is 12.2. The molecule has 6 heteroatoms. The summed E-state index contributed by atoms with van der Waals surface area (Å²) in [6.07, 6.45) is 0. The number of hydrogen-bond donors (Lipinski definition) is 2. The molecule has 0 spiro atoms. The van der Waals surface area contributed by atoms with Crippen molar-refractivity contribution in [1.82, 2.24) is 0 Å². The van der Waals surface area contributed by atoms with Crippen LogP contribution in [-0.4, -0.2) is 11.8 Å². The molecule has 0 atom stereocenters. The highest BCUT2D eigenvalue weighted by Crippen LogP contribution is 2.17. The van der Waals surface area contributed by atoms with Gasteiger partial charge >= 0.3 is 0 Å². The lowest BCUT2D eigenvalue weighted by Gasteiger charge is -2.08. The molecule has 26 heavy (non-hydrogen) atoms. The van der Waals surface area contributed by atoms with Gasteiger partial charge in [0.1, 0.15) is 0 Å². The highest BCUT2D eigenvalue weighted by molar-refractivity contribution is 9.10. The summed E-state index contributed by atoms with van der Waals surface area (Å²) in [5.41, 5.74) is 2.45. The van der Waals surface area contributed by atoms with Crippen LogP contribution in [-0.2, 0) is 0 Å². The average Bonchev–Trinajstić information content (AvgIpc) is 2.64. The predicted octanol–water partition coefficient (Wildman–Crippen LogP) is 5.72. The molecule has 0 aliphatic heterocycles. The van der Waals surface area contributed by atoms with E-state index in [-0.39, 0.29) is 11.8 Å². The van der Waals surface area contributed by atoms with Gasteiger partial charge in [-0.05, 0) is 72.8 Å². The van der Waals surface area contributed by atoms with E-state index in [2.05, 4.69) is 42.5 Å². The summed E-state index contributed by atoms with van der Waals surface area (Å²) in [5.74, 6) is -0.381. The Bertz CT molecular complexity index is 843. The first-order valence-corrected chi connectivity index (χ1v) is 9.34. The number of carbonyl (C=O) groups is 2. The molecule has 0 aliphatic carbocycles. The van der Waals surface area contributed by atoms with Crippen molar-refractivity contribution in [3.05, 3.63) is 92.9 Å². The Hall–Kier alpha value is -2.44. The maximum Gasteiger partial charge on any atom is 0.255 e. The fourth-order valence-corrected chi connectivity index (χ4v) is 2.77. The minimum absolute atomic E-state index is 0.191. The lowest BCUT2D eigenvalue weighted by molar-refractivity contribution is 0.101. The monoisotopic (exact) mass is 472 g/mol. The maximum absolute atomic E-state index is 12.2. The van der Waals surface area contributed by atoms with E-state index >= 15 is 0 Å². The summed E-state index contributed by atoms with van der Waals surface area (Å²) in [5, 5.41) is 5.65. The predicted molar refractivity (Wildman–Crippen MR) is 111 cm³/mol. The van der Waals surface area contributed by atoms with Crippen molar-refractivity contribution in [2.45, 2.75) is 0 Å². The van der Waals surface area contributed by atoms with Crippen LogP contribution in [0.2, 0.25) is 0 Å². The van der Waals surface area contributed by atoms with Gasteiger partial charge in [0.25, 0.3) is 11.8 Å². The van der Waals surface area contributed by atoms with Crippen LogP contribution in [0.25, 0.3) is 0 Å². The molecule has 0 radical (unpaired) electrons. The Kier molecular flexibility index (Phi) is 5.85. The first-order valence-electron chi connectivity index (χ1n) is 7.75. The molecule has 4 nitrogen and oxygen atoms in total. The minimum atomic E-state index is -0.191. The smallest absolute Gasteiger partial charge is 0.255 e. The molecular formula is C20H14Br2N2O2. The molecule has 3 aromatic rings. The van der Waals surface area contributed by atoms with E-state index in [1.165, 1.54) is 0 Å². The third kappa shape index (κ3) is 4.80. The van der Waals surface area contributed by atoms with Crippen molar-refractivity contribution in [2.24, 2.45) is 0 Å². The van der Waals surface area contributed by atoms with Gasteiger partial charge in [-0.15, -0.1) is 0 Å². The number of rotatable bonds is 4. The third-order valence-electron chi connectivity index (χ3n) is 3.61. The summed E-state index contributed by atoms with van der Waals surface area (Å²) in [6.45, 7) is 0. The number of benzene rings is 3. The van der Waals surface area contributed by atoms with Gasteiger partial charge < -0.3 is 10.6 Å². The molecule has 0 aromatic heterocycles. The average molecular weight is 474 g/mol. The Morgan fingerprint density at radius 1 is 0.538 bits per heavy atom. The lowest BCUT2D eigenvalue weighted by atomic mass is 10.2. The normalized spacial score (nSPS) is 10.2. The second kappa shape index (κ2) is 8.29. The molecular weight excluding hydrogens is 460 g/mol. The SMILES string of the molecule is O=C(Nc1ccc(NC(=O)c2ccc(Br)cc2)cc1)c1ccc(Br)cc1. The fraction of sp³-hybridized carbons (Fsp3) is 0. The molecule has 0 saturated carbocycles. The molecule has 0 unspecified atom stereocenters. The van der Waals surface area contributed by atoms with E-state index in [0.29, 0.717) is 22.5 Å². The number of halogens is 2. The van der Waals surface area contributed by atoms with Crippen molar-refractivity contribution in [3.8, 4) is 0 Å². The van der Waals surface area contributed by atoms with Crippen LogP contribution in [0.1, 0.15) is 20.7 Å². The van der Waals surface area contributed by atoms with Crippen molar-refractivity contribution in [3.63, 3.8) is 0 Å². The van der Waals surface area contributed by atoms with E-state index in [0.717, 1.165) is 8.95 Å². The molecule has 0 aliphatic rings. The van der Waals surface area contributed by atoms with Crippen LogP contribution >= 0.6 is 31.9 Å². The quantitative estimate of drug-likeness (QED) is 0.509. The number of anilines is 2. The van der Waals surface area contributed by atoms with E-state index < -0.39 is 0 Å². The van der Waals surface area contributed by atoms with Gasteiger partial charge in [-0.1, -0.05) is 31.9 Å². The Morgan fingerprint density at radius 3 is 1.15 bits per heavy atom. The summed E-state index contributed by atoms with van der Waals surface area (Å²) < 4.78 is 1.83. The molecule has 2 N–H and O–H groups in total. The van der Waals surface area contributed by atoms with Crippen molar-refractivity contribution in [1.29, 1.82) is 0 Å². The van der Waals surface area contributed by atoms with E-state index in [1.807, 2.05) is 24.3 Å². The first kappa shape index (κ1) is 18.4. The van der Waals surface area contributed by atoms with Gasteiger partial charge in [-0.25, -0.2) is 0 Å². The van der Waals surface area contributed by atoms with Crippen molar-refractivity contribution < 1.29 is 9.59 Å². The van der Waals surface area contributed by atoms with Gasteiger partial charge in [0, 0.05) is 31.4 Å². The number of hydrogen-bond acceptors (Lipinski definition) is 2. The third-order valence-corrected chi connectivity index (χ3v) is 4.67. The molecule has 0 fully saturated rings. The van der Waals surface area contributed by atoms with Crippen LogP contribution in [0.5, 0.6) is 0 Å². The van der Waals surface area contributed by atoms with Crippen molar-refractivity contribution in [2.75, 3.05) is 10.6 Å². The highest BCUT2D eigenvalue weighted by atomic mass is 79.9. The molecule has 0 bridgehead atoms. The number of nitrogens with one attached hydrogen (secondary N) is 2. The molecule has 130 valence electrons. The van der Waals surface area contributed by atoms with E-state index in [4.69, 9.17) is 0 Å². The van der Waals surface area contributed by atoms with Gasteiger partial charge in [0.15, 0.2) is 0 Å². The number of amides is 2. The molecule has 0 saturated heterocycles. The zero-order valence-corrected chi connectivity index (χ0v) is 16.7. The summed E-state index contributed by atoms with van der Waals surface area (Å²) >= 11 is 6.68. The second-order valence-electron chi connectivity index (χ2n) is 5.50. The fourth-order valence-electron chi connectivity index (χ4n) is 2.25. The molecule has 3 rings (SSSR count). The van der Waals surface area contributed by atoms with E-state index in [9.17, 15) is 9.59 Å². The standard InChI is InChI=1S/C20H14Br2N2O2/c21-15-5-1-13(2-6-15)19(25)23-17-9-11-18(12-10-17)24-20(26)14-3-7-16(22)8-4-14/h1-12H,(H,23,25)(H,24,26). The van der Waals surface area contributed by atoms with Crippen LogP contribution in [0.3, 0.4) is 0 Å². The molecule has 2 amide bonds. The first-order chi connectivity index (χ1) is 12.5. The van der Waals surface area contributed by atoms with Gasteiger partial charge in [-0.3, -0.25) is 9.59 Å². The van der Waals surface area contributed by atoms with Crippen LogP contribution in [0.4, 0.5) is 11.4 Å². The lowest BCUT2D eigenvalue weighted by Crippen LogP contribution is -2.13. The Labute approximate surface area is 167 Å². The summed E-state index contributed by atoms with van der Waals surface area (Å²) in [6, 6.07) is 21.2. The minimum Gasteiger partial charge on any atom is -0.322 e. The zero-order chi connectivity index (χ0) is 18.5. The van der Waals surface area contributed by atoms with Crippen LogP contribution in [0.15, 0.2) is 81.7 Å². The summed E-state index contributed by atoms with van der Waals surface area (Å²) in [4.78, 5) is 24.4. The van der Waals surface area contributed by atoms with Crippen LogP contribution in [0, 0.1) is 0 Å². The Balaban J connectivity index is 1.62. The van der Waals surface area contributed by atoms with Crippen LogP contribution < -0.4 is 10.6 Å². The molecule has 3 aromatic carbocycles. The van der Waals surface area contributed by atoms with Crippen molar-refractivity contribution >= 4 is 55.0 Å². The van der Waals surface area contributed by atoms with Gasteiger partial charge in [0.05, 0.1) is 0 Å². The topological polar surface area (TPSA) is 58.2 Å². The number of carbonyl (C=O) groups excluding carboxylic acids is 2. The summed E-state index contributed by atoms with van der Waals surface area (Å²) in [7, 11) is 0. The zero-order valence-electron chi connectivity index (χ0n) is 13.5. The van der Waals surface area contributed by atoms with Gasteiger partial charge in [-0.2, -0.15) is 0 Å².